The van der Waals surface area contributed by atoms with E-state index >= 15 is 0 Å². The monoisotopic (exact) mass is 283 g/mol. The number of likely N-dealkylation sites (tertiary alicyclic amines) is 1. The Morgan fingerprint density at radius 3 is 2.65 bits per heavy atom. The van der Waals surface area contributed by atoms with Crippen molar-refractivity contribution in [1.82, 2.24) is 4.90 Å². The Kier molecular flexibility index (Phi) is 4.92. The highest BCUT2D eigenvalue weighted by Crippen LogP contribution is 2.19. The van der Waals surface area contributed by atoms with Crippen LogP contribution in [0.5, 0.6) is 5.75 Å². The van der Waals surface area contributed by atoms with Crippen molar-refractivity contribution in [3.05, 3.63) is 29.6 Å². The van der Waals surface area contributed by atoms with Crippen LogP contribution in [-0.2, 0) is 16.1 Å². The second kappa shape index (κ2) is 6.67. The maximum Gasteiger partial charge on any atom is 0.329 e. The van der Waals surface area contributed by atoms with Crippen LogP contribution in [0.1, 0.15) is 18.4 Å². The second-order valence-corrected chi connectivity index (χ2v) is 5.00. The molecular weight excluding hydrogens is 265 g/mol. The maximum absolute atomic E-state index is 13.2. The van der Waals surface area contributed by atoms with Crippen molar-refractivity contribution < 1.29 is 24.1 Å². The average Bonchev–Trinajstić information content (AvgIpc) is 2.36. The minimum Gasteiger partial charge on any atom is -0.508 e. The summed E-state index contributed by atoms with van der Waals surface area (Å²) in [5.41, 5.74) is 0.729. The SMILES string of the molecule is O=C(O)COC1CCN(Cc2cc(O)cc(F)c2)CC1. The van der Waals surface area contributed by atoms with Crippen LogP contribution in [0.3, 0.4) is 0 Å². The summed E-state index contributed by atoms with van der Waals surface area (Å²) in [4.78, 5) is 12.6. The highest BCUT2D eigenvalue weighted by molar-refractivity contribution is 5.68. The number of aliphatic carboxylic acids is 1. The molecule has 0 aliphatic carbocycles. The minimum atomic E-state index is -0.956. The van der Waals surface area contributed by atoms with Crippen LogP contribution in [0.15, 0.2) is 18.2 Å². The summed E-state index contributed by atoms with van der Waals surface area (Å²) < 4.78 is 18.4. The standard InChI is InChI=1S/C14H18FNO4/c15-11-5-10(6-12(17)7-11)8-16-3-1-13(2-4-16)20-9-14(18)19/h5-7,13,17H,1-4,8-9H2,(H,18,19). The van der Waals surface area contributed by atoms with E-state index in [0.717, 1.165) is 37.6 Å². The van der Waals surface area contributed by atoms with Gasteiger partial charge < -0.3 is 14.9 Å². The van der Waals surface area contributed by atoms with Crippen LogP contribution in [0.2, 0.25) is 0 Å². The number of carboxylic acids is 1. The predicted molar refractivity (Wildman–Crippen MR) is 70.0 cm³/mol. The first-order valence-corrected chi connectivity index (χ1v) is 6.57. The third kappa shape index (κ3) is 4.47. The van der Waals surface area contributed by atoms with Crippen LogP contribution in [-0.4, -0.2) is 46.9 Å². The Morgan fingerprint density at radius 2 is 2.05 bits per heavy atom. The van der Waals surface area contributed by atoms with Crippen molar-refractivity contribution in [2.45, 2.75) is 25.5 Å². The molecule has 2 N–H and O–H groups in total. The van der Waals surface area contributed by atoms with Crippen LogP contribution in [0.4, 0.5) is 4.39 Å². The summed E-state index contributed by atoms with van der Waals surface area (Å²) in [5, 5.41) is 17.9. The largest absolute Gasteiger partial charge is 0.508 e. The van der Waals surface area contributed by atoms with E-state index in [2.05, 4.69) is 4.90 Å². The van der Waals surface area contributed by atoms with Crippen molar-refractivity contribution in [2.24, 2.45) is 0 Å². The molecule has 0 unspecified atom stereocenters. The van der Waals surface area contributed by atoms with Gasteiger partial charge in [0, 0.05) is 25.7 Å². The average molecular weight is 283 g/mol. The van der Waals surface area contributed by atoms with Crippen molar-refractivity contribution in [1.29, 1.82) is 0 Å². The van der Waals surface area contributed by atoms with E-state index in [-0.39, 0.29) is 18.5 Å². The number of rotatable bonds is 5. The lowest BCUT2D eigenvalue weighted by Crippen LogP contribution is -2.37. The summed E-state index contributed by atoms with van der Waals surface area (Å²) in [6, 6.07) is 4.04. The van der Waals surface area contributed by atoms with Gasteiger partial charge in [0.05, 0.1) is 6.10 Å². The molecule has 1 fully saturated rings. The van der Waals surface area contributed by atoms with Crippen LogP contribution in [0, 0.1) is 5.82 Å². The zero-order valence-electron chi connectivity index (χ0n) is 11.1. The molecule has 0 radical (unpaired) electrons. The molecule has 2 rings (SSSR count). The molecule has 1 aromatic carbocycles. The van der Waals surface area contributed by atoms with Gasteiger partial charge >= 0.3 is 5.97 Å². The van der Waals surface area contributed by atoms with Crippen molar-refractivity contribution in [3.8, 4) is 5.75 Å². The van der Waals surface area contributed by atoms with Gasteiger partial charge in [0.15, 0.2) is 0 Å². The van der Waals surface area contributed by atoms with Gasteiger partial charge in [0.25, 0.3) is 0 Å². The van der Waals surface area contributed by atoms with E-state index in [9.17, 15) is 14.3 Å². The van der Waals surface area contributed by atoms with Gasteiger partial charge in [-0.3, -0.25) is 4.90 Å². The Balaban J connectivity index is 1.80. The highest BCUT2D eigenvalue weighted by Gasteiger charge is 2.20. The third-order valence-electron chi connectivity index (χ3n) is 3.33. The van der Waals surface area contributed by atoms with E-state index in [1.807, 2.05) is 0 Å². The van der Waals surface area contributed by atoms with Crippen molar-refractivity contribution in [3.63, 3.8) is 0 Å². The predicted octanol–water partition coefficient (Wildman–Crippen LogP) is 1.60. The van der Waals surface area contributed by atoms with Crippen molar-refractivity contribution in [2.75, 3.05) is 19.7 Å². The number of aromatic hydroxyl groups is 1. The van der Waals surface area contributed by atoms with E-state index in [1.54, 1.807) is 6.07 Å². The van der Waals surface area contributed by atoms with Crippen LogP contribution < -0.4 is 0 Å². The second-order valence-electron chi connectivity index (χ2n) is 5.00. The van der Waals surface area contributed by atoms with Gasteiger partial charge in [-0.05, 0) is 30.5 Å². The summed E-state index contributed by atoms with van der Waals surface area (Å²) in [6.45, 7) is 1.84. The molecule has 1 heterocycles. The molecule has 110 valence electrons. The van der Waals surface area contributed by atoms with Gasteiger partial charge in [0.1, 0.15) is 18.2 Å². The molecule has 0 atom stereocenters. The number of carboxylic acid groups (broad SMARTS) is 1. The summed E-state index contributed by atoms with van der Waals surface area (Å²) in [6.07, 6.45) is 1.49. The quantitative estimate of drug-likeness (QED) is 0.859. The van der Waals surface area contributed by atoms with Crippen LogP contribution in [0.25, 0.3) is 0 Å². The zero-order valence-corrected chi connectivity index (χ0v) is 11.1. The number of halogens is 1. The number of nitrogens with zero attached hydrogens (tertiary/aromatic N) is 1. The molecular formula is C14H18FNO4. The summed E-state index contributed by atoms with van der Waals surface area (Å²) in [5.74, 6) is -1.47. The maximum atomic E-state index is 13.2. The lowest BCUT2D eigenvalue weighted by atomic mass is 10.1. The molecule has 1 saturated heterocycles. The first-order chi connectivity index (χ1) is 9.52. The molecule has 0 saturated carbocycles. The molecule has 0 spiro atoms. The van der Waals surface area contributed by atoms with Crippen molar-refractivity contribution >= 4 is 5.97 Å². The number of hydrogen-bond donors (Lipinski definition) is 2. The summed E-state index contributed by atoms with van der Waals surface area (Å²) in [7, 11) is 0. The number of phenols is 1. The number of carbonyl (C=O) groups is 1. The number of piperidine rings is 1. The number of phenolic OH excluding ortho intramolecular Hbond substituents is 1. The van der Waals surface area contributed by atoms with Crippen LogP contribution >= 0.6 is 0 Å². The summed E-state index contributed by atoms with van der Waals surface area (Å²) >= 11 is 0. The molecule has 1 aliphatic heterocycles. The Bertz CT molecular complexity index is 452. The normalized spacial score (nSPS) is 17.2. The molecule has 0 aromatic heterocycles. The Hall–Kier alpha value is -1.66. The zero-order chi connectivity index (χ0) is 14.5. The third-order valence-corrected chi connectivity index (χ3v) is 3.33. The Morgan fingerprint density at radius 1 is 1.35 bits per heavy atom. The van der Waals surface area contributed by atoms with Gasteiger partial charge in [-0.15, -0.1) is 0 Å². The van der Waals surface area contributed by atoms with Gasteiger partial charge in [0.2, 0.25) is 0 Å². The number of ether oxygens (including phenoxy) is 1. The van der Waals surface area contributed by atoms with Gasteiger partial charge in [-0.25, -0.2) is 9.18 Å². The van der Waals surface area contributed by atoms with E-state index in [0.29, 0.717) is 6.54 Å². The lowest BCUT2D eigenvalue weighted by molar-refractivity contribution is -0.145. The first kappa shape index (κ1) is 14.7. The number of hydrogen-bond acceptors (Lipinski definition) is 4. The highest BCUT2D eigenvalue weighted by atomic mass is 19.1. The fourth-order valence-electron chi connectivity index (χ4n) is 2.41. The first-order valence-electron chi connectivity index (χ1n) is 6.57. The van der Waals surface area contributed by atoms with E-state index in [1.165, 1.54) is 6.07 Å². The van der Waals surface area contributed by atoms with E-state index in [4.69, 9.17) is 9.84 Å². The minimum absolute atomic E-state index is 0.0248. The number of benzene rings is 1. The van der Waals surface area contributed by atoms with Gasteiger partial charge in [-0.2, -0.15) is 0 Å². The fraction of sp³-hybridized carbons (Fsp3) is 0.500. The molecule has 6 heteroatoms. The Labute approximate surface area is 116 Å². The molecule has 20 heavy (non-hydrogen) atoms. The molecule has 1 aliphatic rings. The topological polar surface area (TPSA) is 70.0 Å². The smallest absolute Gasteiger partial charge is 0.329 e. The molecule has 0 bridgehead atoms. The molecule has 1 aromatic rings. The lowest BCUT2D eigenvalue weighted by Gasteiger charge is -2.31. The molecule has 0 amide bonds. The fourth-order valence-corrected chi connectivity index (χ4v) is 2.41. The molecule has 5 nitrogen and oxygen atoms in total. The van der Waals surface area contributed by atoms with E-state index < -0.39 is 11.8 Å². The van der Waals surface area contributed by atoms with Gasteiger partial charge in [-0.1, -0.05) is 0 Å².